The molecule has 2 amide bonds. The molecule has 0 aliphatic heterocycles. The number of hydrogen-bond donors (Lipinski definition) is 2. The Labute approximate surface area is 202 Å². The number of nitrogens with one attached hydrogen (secondary N) is 2. The normalized spacial score (nSPS) is 11.1. The van der Waals surface area contributed by atoms with E-state index in [4.69, 9.17) is 0 Å². The Balaban J connectivity index is 3.14. The van der Waals surface area contributed by atoms with Gasteiger partial charge in [-0.25, -0.2) is 4.79 Å². The van der Waals surface area contributed by atoms with E-state index in [9.17, 15) is 4.79 Å². The van der Waals surface area contributed by atoms with Crippen molar-refractivity contribution in [2.24, 2.45) is 0 Å². The third kappa shape index (κ3) is 27.3. The molecule has 0 aliphatic rings. The zero-order valence-corrected chi connectivity index (χ0v) is 22.3. The van der Waals surface area contributed by atoms with Crippen molar-refractivity contribution in [2.45, 2.75) is 168 Å². The molecule has 0 atom stereocenters. The molecule has 0 rings (SSSR count). The second-order valence-corrected chi connectivity index (χ2v) is 9.96. The van der Waals surface area contributed by atoms with Gasteiger partial charge in [0, 0.05) is 13.1 Å². The van der Waals surface area contributed by atoms with Crippen LogP contribution >= 0.6 is 0 Å². The zero-order valence-electron chi connectivity index (χ0n) is 22.3. The molecule has 3 heteroatoms. The van der Waals surface area contributed by atoms with Crippen LogP contribution in [0.1, 0.15) is 168 Å². The minimum absolute atomic E-state index is 0.0242. The number of hydrogen-bond acceptors (Lipinski definition) is 1. The predicted octanol–water partition coefficient (Wildman–Crippen LogP) is 9.69. The quantitative estimate of drug-likeness (QED) is 0.126. The molecule has 0 fully saturated rings. The number of carbonyl (C=O) groups excluding carboxylic acids is 1. The fourth-order valence-electron chi connectivity index (χ4n) is 4.40. The lowest BCUT2D eigenvalue weighted by Gasteiger charge is -2.08. The molecule has 0 heterocycles. The molecule has 0 bridgehead atoms. The van der Waals surface area contributed by atoms with Crippen LogP contribution in [0.25, 0.3) is 0 Å². The van der Waals surface area contributed by atoms with Gasteiger partial charge in [0.15, 0.2) is 0 Å². The molecule has 192 valence electrons. The average Bonchev–Trinajstić information content (AvgIpc) is 2.80. The Bertz CT molecular complexity index is 327. The summed E-state index contributed by atoms with van der Waals surface area (Å²) in [6.07, 6.45) is 32.6. The minimum atomic E-state index is 0.0242. The van der Waals surface area contributed by atoms with Crippen LogP contribution in [0.4, 0.5) is 4.79 Å². The highest BCUT2D eigenvalue weighted by Gasteiger charge is 1.99. The van der Waals surface area contributed by atoms with Crippen molar-refractivity contribution in [1.82, 2.24) is 10.6 Å². The molecule has 0 aromatic heterocycles. The molecule has 0 radical (unpaired) electrons. The van der Waals surface area contributed by atoms with E-state index in [-0.39, 0.29) is 6.03 Å². The highest BCUT2D eigenvalue weighted by molar-refractivity contribution is 5.73. The lowest BCUT2D eigenvalue weighted by atomic mass is 10.1. The van der Waals surface area contributed by atoms with Crippen LogP contribution in [0, 0.1) is 0 Å². The van der Waals surface area contributed by atoms with Crippen molar-refractivity contribution in [3.63, 3.8) is 0 Å². The van der Waals surface area contributed by atoms with Crippen molar-refractivity contribution >= 4 is 6.03 Å². The van der Waals surface area contributed by atoms with E-state index < -0.39 is 0 Å². The maximum atomic E-state index is 11.8. The summed E-state index contributed by atoms with van der Waals surface area (Å²) in [5, 5.41) is 6.02. The molecule has 0 aromatic carbocycles. The molecule has 0 saturated carbocycles. The van der Waals surface area contributed by atoms with Gasteiger partial charge < -0.3 is 10.6 Å². The summed E-state index contributed by atoms with van der Waals surface area (Å²) in [7, 11) is 0. The van der Waals surface area contributed by atoms with Crippen LogP contribution < -0.4 is 10.6 Å². The molecule has 2 N–H and O–H groups in total. The Morgan fingerprint density at radius 2 is 0.594 bits per heavy atom. The van der Waals surface area contributed by atoms with Gasteiger partial charge in [-0.15, -0.1) is 0 Å². The summed E-state index contributed by atoms with van der Waals surface area (Å²) < 4.78 is 0. The zero-order chi connectivity index (χ0) is 23.4. The number of urea groups is 1. The second-order valence-electron chi connectivity index (χ2n) is 9.96. The van der Waals surface area contributed by atoms with Crippen molar-refractivity contribution < 1.29 is 4.79 Å². The van der Waals surface area contributed by atoms with Crippen molar-refractivity contribution in [1.29, 1.82) is 0 Å². The topological polar surface area (TPSA) is 41.1 Å². The number of amides is 2. The number of carbonyl (C=O) groups is 1. The first-order chi connectivity index (χ1) is 15.8. The van der Waals surface area contributed by atoms with Gasteiger partial charge in [0.25, 0.3) is 0 Å². The first kappa shape index (κ1) is 31.3. The lowest BCUT2D eigenvalue weighted by Crippen LogP contribution is -2.36. The Hall–Kier alpha value is -0.730. The highest BCUT2D eigenvalue weighted by Crippen LogP contribution is 2.12. The van der Waals surface area contributed by atoms with E-state index in [1.54, 1.807) is 0 Å². The molecule has 3 nitrogen and oxygen atoms in total. The van der Waals surface area contributed by atoms with Gasteiger partial charge in [0.05, 0.1) is 0 Å². The third-order valence-electron chi connectivity index (χ3n) is 6.63. The van der Waals surface area contributed by atoms with Crippen LogP contribution in [0.15, 0.2) is 0 Å². The Kier molecular flexibility index (Phi) is 27.7. The summed E-state index contributed by atoms with van der Waals surface area (Å²) >= 11 is 0. The summed E-state index contributed by atoms with van der Waals surface area (Å²) in [6, 6.07) is 0.0242. The standard InChI is InChI=1S/C29H60N2O/c1-3-5-7-9-11-13-15-17-19-21-23-25-27-30-29(32)31-28-26-24-22-20-18-16-14-12-10-8-6-4-2/h3-28H2,1-2H3,(H2,30,31,32). The van der Waals surface area contributed by atoms with Crippen LogP contribution in [0.5, 0.6) is 0 Å². The maximum absolute atomic E-state index is 11.8. The molecule has 0 spiro atoms. The van der Waals surface area contributed by atoms with E-state index in [1.807, 2.05) is 0 Å². The molecule has 32 heavy (non-hydrogen) atoms. The molecule has 0 aliphatic carbocycles. The monoisotopic (exact) mass is 452 g/mol. The molecule has 0 aromatic rings. The van der Waals surface area contributed by atoms with Crippen LogP contribution in [0.3, 0.4) is 0 Å². The van der Waals surface area contributed by atoms with E-state index in [2.05, 4.69) is 24.5 Å². The van der Waals surface area contributed by atoms with Gasteiger partial charge in [-0.3, -0.25) is 0 Å². The van der Waals surface area contributed by atoms with E-state index in [0.29, 0.717) is 0 Å². The van der Waals surface area contributed by atoms with Gasteiger partial charge in [-0.05, 0) is 12.8 Å². The molecular formula is C29H60N2O. The first-order valence-electron chi connectivity index (χ1n) is 14.8. The summed E-state index contributed by atoms with van der Waals surface area (Å²) in [5.74, 6) is 0. The highest BCUT2D eigenvalue weighted by atomic mass is 16.2. The summed E-state index contributed by atoms with van der Waals surface area (Å²) in [6.45, 7) is 6.20. The Morgan fingerprint density at radius 3 is 0.844 bits per heavy atom. The van der Waals surface area contributed by atoms with E-state index in [0.717, 1.165) is 25.9 Å². The van der Waals surface area contributed by atoms with Gasteiger partial charge in [-0.1, -0.05) is 155 Å². The lowest BCUT2D eigenvalue weighted by molar-refractivity contribution is 0.240. The van der Waals surface area contributed by atoms with Gasteiger partial charge >= 0.3 is 6.03 Å². The van der Waals surface area contributed by atoms with E-state index in [1.165, 1.54) is 141 Å². The second kappa shape index (κ2) is 28.3. The van der Waals surface area contributed by atoms with Gasteiger partial charge in [0.2, 0.25) is 0 Å². The van der Waals surface area contributed by atoms with Gasteiger partial charge in [-0.2, -0.15) is 0 Å². The third-order valence-corrected chi connectivity index (χ3v) is 6.63. The summed E-state index contributed by atoms with van der Waals surface area (Å²) in [5.41, 5.74) is 0. The number of unbranched alkanes of at least 4 members (excludes halogenated alkanes) is 22. The van der Waals surface area contributed by atoms with Crippen molar-refractivity contribution in [3.8, 4) is 0 Å². The fourth-order valence-corrected chi connectivity index (χ4v) is 4.40. The fraction of sp³-hybridized carbons (Fsp3) is 0.966. The van der Waals surface area contributed by atoms with Gasteiger partial charge in [0.1, 0.15) is 0 Å². The average molecular weight is 453 g/mol. The van der Waals surface area contributed by atoms with Crippen LogP contribution in [-0.4, -0.2) is 19.1 Å². The van der Waals surface area contributed by atoms with Crippen LogP contribution in [0.2, 0.25) is 0 Å². The SMILES string of the molecule is CCCCCCCCCCCCCCNC(=O)NCCCCCCCCCCCCCC. The minimum Gasteiger partial charge on any atom is -0.338 e. The Morgan fingerprint density at radius 1 is 0.375 bits per heavy atom. The first-order valence-corrected chi connectivity index (χ1v) is 14.8. The van der Waals surface area contributed by atoms with Crippen molar-refractivity contribution in [2.75, 3.05) is 13.1 Å². The van der Waals surface area contributed by atoms with Crippen molar-refractivity contribution in [3.05, 3.63) is 0 Å². The smallest absolute Gasteiger partial charge is 0.314 e. The van der Waals surface area contributed by atoms with Crippen LogP contribution in [-0.2, 0) is 0 Å². The summed E-state index contributed by atoms with van der Waals surface area (Å²) in [4.78, 5) is 11.8. The molecular weight excluding hydrogens is 392 g/mol. The number of rotatable bonds is 26. The largest absolute Gasteiger partial charge is 0.338 e. The molecule has 0 unspecified atom stereocenters. The molecule has 0 saturated heterocycles. The van der Waals surface area contributed by atoms with E-state index >= 15 is 0 Å². The predicted molar refractivity (Wildman–Crippen MR) is 144 cm³/mol. The maximum Gasteiger partial charge on any atom is 0.314 e.